The second kappa shape index (κ2) is 6.53. The van der Waals surface area contributed by atoms with E-state index in [4.69, 9.17) is 10.7 Å². The van der Waals surface area contributed by atoms with Gasteiger partial charge in [0.1, 0.15) is 11.6 Å². The molecule has 134 valence electrons. The highest BCUT2D eigenvalue weighted by atomic mass is 19.1. The first-order valence-electron chi connectivity index (χ1n) is 8.71. The smallest absolute Gasteiger partial charge is 0.157 e. The van der Waals surface area contributed by atoms with Crippen LogP contribution in [-0.2, 0) is 13.5 Å². The van der Waals surface area contributed by atoms with Gasteiger partial charge < -0.3 is 15.3 Å². The van der Waals surface area contributed by atoms with Gasteiger partial charge in [-0.05, 0) is 49.6 Å². The zero-order valence-corrected chi connectivity index (χ0v) is 14.5. The molecule has 26 heavy (non-hydrogen) atoms. The Labute approximate surface area is 149 Å². The number of hydrogen-bond acceptors (Lipinski definition) is 2. The lowest BCUT2D eigenvalue weighted by atomic mass is 10.0. The summed E-state index contributed by atoms with van der Waals surface area (Å²) < 4.78 is 30.1. The van der Waals surface area contributed by atoms with Gasteiger partial charge in [-0.1, -0.05) is 12.1 Å². The SMILES string of the molecule is Cn1c(-c2[nH]c3c(F)cc(F)cc3c2CCCCN)nc2ccccc21. The van der Waals surface area contributed by atoms with Crippen LogP contribution in [0.2, 0.25) is 0 Å². The number of halogens is 2. The van der Waals surface area contributed by atoms with Gasteiger partial charge in [-0.15, -0.1) is 0 Å². The maximum absolute atomic E-state index is 14.3. The number of nitrogens with one attached hydrogen (secondary N) is 1. The van der Waals surface area contributed by atoms with Crippen LogP contribution in [0.3, 0.4) is 0 Å². The third kappa shape index (κ3) is 2.66. The number of nitrogens with zero attached hydrogens (tertiary/aromatic N) is 2. The van der Waals surface area contributed by atoms with Crippen LogP contribution in [0.25, 0.3) is 33.5 Å². The molecule has 0 aliphatic carbocycles. The van der Waals surface area contributed by atoms with Crippen molar-refractivity contribution in [3.05, 3.63) is 53.6 Å². The van der Waals surface area contributed by atoms with E-state index in [0.29, 0.717) is 29.7 Å². The van der Waals surface area contributed by atoms with E-state index in [1.54, 1.807) is 0 Å². The summed E-state index contributed by atoms with van der Waals surface area (Å²) in [6.07, 6.45) is 2.38. The predicted octanol–water partition coefficient (Wildman–Crippen LogP) is 4.28. The normalized spacial score (nSPS) is 11.7. The number of unbranched alkanes of at least 4 members (excludes halogenated alkanes) is 1. The molecule has 2 heterocycles. The van der Waals surface area contributed by atoms with Crippen molar-refractivity contribution in [1.82, 2.24) is 14.5 Å². The minimum atomic E-state index is -0.593. The van der Waals surface area contributed by atoms with Crippen LogP contribution in [0.4, 0.5) is 8.78 Å². The molecule has 4 nitrogen and oxygen atoms in total. The van der Waals surface area contributed by atoms with Gasteiger partial charge in [-0.3, -0.25) is 0 Å². The first kappa shape index (κ1) is 16.7. The van der Waals surface area contributed by atoms with Crippen LogP contribution >= 0.6 is 0 Å². The Balaban J connectivity index is 1.96. The molecule has 0 unspecified atom stereocenters. The summed E-state index contributed by atoms with van der Waals surface area (Å²) in [5.74, 6) is -0.458. The number of benzene rings is 2. The second-order valence-corrected chi connectivity index (χ2v) is 6.52. The number of hydrogen-bond donors (Lipinski definition) is 2. The Hall–Kier alpha value is -2.73. The molecule has 0 bridgehead atoms. The molecule has 0 aliphatic rings. The second-order valence-electron chi connectivity index (χ2n) is 6.52. The first-order chi connectivity index (χ1) is 12.6. The highest BCUT2D eigenvalue weighted by Crippen LogP contribution is 2.34. The van der Waals surface area contributed by atoms with E-state index in [0.717, 1.165) is 41.2 Å². The van der Waals surface area contributed by atoms with E-state index in [-0.39, 0.29) is 0 Å². The fraction of sp³-hybridized carbons (Fsp3) is 0.250. The lowest BCUT2D eigenvalue weighted by Gasteiger charge is -2.05. The molecule has 0 spiro atoms. The molecule has 0 saturated carbocycles. The molecule has 2 aromatic heterocycles. The van der Waals surface area contributed by atoms with Crippen LogP contribution < -0.4 is 5.73 Å². The Morgan fingerprint density at radius 2 is 1.96 bits per heavy atom. The number of aryl methyl sites for hydroxylation is 2. The molecule has 0 atom stereocenters. The zero-order chi connectivity index (χ0) is 18.3. The molecule has 0 radical (unpaired) electrons. The molecule has 0 amide bonds. The average molecular weight is 354 g/mol. The summed E-state index contributed by atoms with van der Waals surface area (Å²) in [5, 5.41) is 0.571. The summed E-state index contributed by atoms with van der Waals surface area (Å²) in [4.78, 5) is 7.86. The predicted molar refractivity (Wildman–Crippen MR) is 99.9 cm³/mol. The van der Waals surface area contributed by atoms with E-state index in [1.807, 2.05) is 35.9 Å². The monoisotopic (exact) mass is 354 g/mol. The van der Waals surface area contributed by atoms with E-state index in [2.05, 4.69) is 4.98 Å². The zero-order valence-electron chi connectivity index (χ0n) is 14.5. The Morgan fingerprint density at radius 3 is 2.73 bits per heavy atom. The molecule has 4 rings (SSSR count). The van der Waals surface area contributed by atoms with Crippen LogP contribution in [0.1, 0.15) is 18.4 Å². The number of nitrogens with two attached hydrogens (primary N) is 1. The van der Waals surface area contributed by atoms with E-state index in [1.165, 1.54) is 6.07 Å². The average Bonchev–Trinajstić information content (AvgIpc) is 3.14. The fourth-order valence-electron chi connectivity index (χ4n) is 3.54. The van der Waals surface area contributed by atoms with E-state index in [9.17, 15) is 8.78 Å². The third-order valence-corrected chi connectivity index (χ3v) is 4.82. The van der Waals surface area contributed by atoms with Gasteiger partial charge in [0.05, 0.1) is 22.2 Å². The molecule has 3 N–H and O–H groups in total. The Bertz CT molecular complexity index is 1090. The van der Waals surface area contributed by atoms with Crippen LogP contribution in [-0.4, -0.2) is 21.1 Å². The molecule has 0 aliphatic heterocycles. The highest BCUT2D eigenvalue weighted by Gasteiger charge is 2.20. The summed E-state index contributed by atoms with van der Waals surface area (Å²) in [7, 11) is 1.93. The lowest BCUT2D eigenvalue weighted by Crippen LogP contribution is -2.00. The molecule has 6 heteroatoms. The molecular weight excluding hydrogens is 334 g/mol. The fourth-order valence-corrected chi connectivity index (χ4v) is 3.54. The molecular formula is C20H20F2N4. The van der Waals surface area contributed by atoms with Crippen molar-refractivity contribution in [3.8, 4) is 11.5 Å². The maximum atomic E-state index is 14.3. The number of aromatic amines is 1. The van der Waals surface area contributed by atoms with Crippen molar-refractivity contribution in [2.45, 2.75) is 19.3 Å². The topological polar surface area (TPSA) is 59.6 Å². The number of para-hydroxylation sites is 2. The third-order valence-electron chi connectivity index (χ3n) is 4.82. The number of fused-ring (bicyclic) bond motifs is 2. The van der Waals surface area contributed by atoms with Crippen LogP contribution in [0, 0.1) is 11.6 Å². The van der Waals surface area contributed by atoms with Crippen molar-refractivity contribution >= 4 is 21.9 Å². The molecule has 2 aromatic carbocycles. The van der Waals surface area contributed by atoms with E-state index >= 15 is 0 Å². The highest BCUT2D eigenvalue weighted by molar-refractivity contribution is 5.92. The van der Waals surface area contributed by atoms with Crippen molar-refractivity contribution < 1.29 is 8.78 Å². The number of aromatic nitrogens is 3. The van der Waals surface area contributed by atoms with Gasteiger partial charge in [-0.2, -0.15) is 0 Å². The van der Waals surface area contributed by atoms with Gasteiger partial charge >= 0.3 is 0 Å². The Kier molecular flexibility index (Phi) is 4.20. The van der Waals surface area contributed by atoms with Crippen molar-refractivity contribution in [2.24, 2.45) is 12.8 Å². The van der Waals surface area contributed by atoms with Crippen molar-refractivity contribution in [1.29, 1.82) is 0 Å². The molecule has 4 aromatic rings. The van der Waals surface area contributed by atoms with Crippen molar-refractivity contribution in [2.75, 3.05) is 6.54 Å². The summed E-state index contributed by atoms with van der Waals surface area (Å²) >= 11 is 0. The number of rotatable bonds is 5. The summed E-state index contributed by atoms with van der Waals surface area (Å²) in [6, 6.07) is 10.1. The minimum Gasteiger partial charge on any atom is -0.349 e. The number of H-pyrrole nitrogens is 1. The van der Waals surface area contributed by atoms with Gasteiger partial charge in [0.15, 0.2) is 5.82 Å². The van der Waals surface area contributed by atoms with Gasteiger partial charge in [0.25, 0.3) is 0 Å². The maximum Gasteiger partial charge on any atom is 0.157 e. The van der Waals surface area contributed by atoms with E-state index < -0.39 is 11.6 Å². The standard InChI is InChI=1S/C20H20F2N4/c1-26-17-8-3-2-7-16(17)24-20(26)19-13(6-4-5-9-23)14-10-12(21)11-15(22)18(14)25-19/h2-3,7-8,10-11,25H,4-6,9,23H2,1H3. The summed E-state index contributed by atoms with van der Waals surface area (Å²) in [6.45, 7) is 0.590. The van der Waals surface area contributed by atoms with Crippen LogP contribution in [0.5, 0.6) is 0 Å². The Morgan fingerprint density at radius 1 is 1.15 bits per heavy atom. The number of imidazole rings is 1. The van der Waals surface area contributed by atoms with Gasteiger partial charge in [-0.25, -0.2) is 13.8 Å². The minimum absolute atomic E-state index is 0.316. The summed E-state index contributed by atoms with van der Waals surface area (Å²) in [5.41, 5.74) is 9.39. The van der Waals surface area contributed by atoms with Crippen molar-refractivity contribution in [3.63, 3.8) is 0 Å². The van der Waals surface area contributed by atoms with Gasteiger partial charge in [0, 0.05) is 18.5 Å². The lowest BCUT2D eigenvalue weighted by molar-refractivity contribution is 0.591. The largest absolute Gasteiger partial charge is 0.349 e. The molecule has 0 fully saturated rings. The van der Waals surface area contributed by atoms with Gasteiger partial charge in [0.2, 0.25) is 0 Å². The quantitative estimate of drug-likeness (QED) is 0.526. The first-order valence-corrected chi connectivity index (χ1v) is 8.71. The molecule has 0 saturated heterocycles. The van der Waals surface area contributed by atoms with Crippen LogP contribution in [0.15, 0.2) is 36.4 Å².